The molecule has 1 heterocycles. The Morgan fingerprint density at radius 3 is 2.75 bits per heavy atom. The minimum Gasteiger partial charge on any atom is -0.396 e. The molecule has 0 saturated heterocycles. The van der Waals surface area contributed by atoms with E-state index < -0.39 is 20.7 Å². The lowest BCUT2D eigenvalue weighted by molar-refractivity contribution is 0.220. The number of anilines is 2. The summed E-state index contributed by atoms with van der Waals surface area (Å²) in [6.45, 7) is 1.11. The molecule has 0 fully saturated rings. The van der Waals surface area contributed by atoms with E-state index in [-0.39, 0.29) is 22.7 Å². The number of nitrogens with two attached hydrogens (primary N) is 1. The molecule has 0 radical (unpaired) electrons. The SMILES string of the molecule is NC[C@@H](CO)CCCCCNc1cc(F)c(S(=O)(=O)Nc2ncns2)cc1Cl. The highest BCUT2D eigenvalue weighted by molar-refractivity contribution is 7.93. The van der Waals surface area contributed by atoms with Gasteiger partial charge >= 0.3 is 0 Å². The Morgan fingerprint density at radius 1 is 1.32 bits per heavy atom. The lowest BCUT2D eigenvalue weighted by Crippen LogP contribution is -2.17. The first-order valence-corrected chi connectivity index (χ1v) is 11.3. The average molecular weight is 452 g/mol. The largest absolute Gasteiger partial charge is 0.396 e. The highest BCUT2D eigenvalue weighted by atomic mass is 35.5. The Hall–Kier alpha value is -1.53. The summed E-state index contributed by atoms with van der Waals surface area (Å²) < 4.78 is 44.8. The zero-order valence-corrected chi connectivity index (χ0v) is 17.5. The van der Waals surface area contributed by atoms with Gasteiger partial charge in [0.25, 0.3) is 10.0 Å². The maximum atomic E-state index is 14.4. The second-order valence-corrected chi connectivity index (χ2v) is 9.01. The van der Waals surface area contributed by atoms with E-state index in [1.54, 1.807) is 0 Å². The van der Waals surface area contributed by atoms with Gasteiger partial charge in [-0.3, -0.25) is 4.72 Å². The molecule has 0 bridgehead atoms. The number of hydrogen-bond acceptors (Lipinski definition) is 8. The molecule has 1 aromatic heterocycles. The standard InChI is InChI=1S/C16H23ClFN5O3S2/c17-12-6-15(28(25,26)23-16-21-10-22-27-16)13(18)7-14(12)20-5-3-1-2-4-11(8-19)9-24/h6-7,10-11,20,24H,1-5,8-9,19H2,(H,21,22,23)/t11-/m0/s1. The van der Waals surface area contributed by atoms with Crippen molar-refractivity contribution in [2.24, 2.45) is 11.7 Å². The highest BCUT2D eigenvalue weighted by Gasteiger charge is 2.22. The van der Waals surface area contributed by atoms with E-state index in [9.17, 15) is 12.8 Å². The first kappa shape index (κ1) is 22.8. The molecule has 0 unspecified atom stereocenters. The third-order valence-electron chi connectivity index (χ3n) is 4.09. The normalized spacial score (nSPS) is 12.7. The summed E-state index contributed by atoms with van der Waals surface area (Å²) in [4.78, 5) is 3.15. The van der Waals surface area contributed by atoms with Crippen LogP contribution >= 0.6 is 23.1 Å². The summed E-state index contributed by atoms with van der Waals surface area (Å²) in [6, 6.07) is 2.13. The van der Waals surface area contributed by atoms with Crippen LogP contribution in [-0.4, -0.2) is 42.6 Å². The molecule has 156 valence electrons. The van der Waals surface area contributed by atoms with Crippen molar-refractivity contribution in [1.29, 1.82) is 0 Å². The molecule has 2 rings (SSSR count). The van der Waals surface area contributed by atoms with Crippen molar-refractivity contribution in [2.75, 3.05) is 29.7 Å². The molecular weight excluding hydrogens is 429 g/mol. The van der Waals surface area contributed by atoms with Crippen molar-refractivity contribution in [3.05, 3.63) is 29.3 Å². The van der Waals surface area contributed by atoms with Crippen molar-refractivity contribution in [2.45, 2.75) is 30.6 Å². The van der Waals surface area contributed by atoms with Gasteiger partial charge in [0.15, 0.2) is 0 Å². The number of hydrogen-bond donors (Lipinski definition) is 4. The lowest BCUT2D eigenvalue weighted by Gasteiger charge is -2.13. The van der Waals surface area contributed by atoms with Crippen LogP contribution in [0.5, 0.6) is 0 Å². The Balaban J connectivity index is 1.91. The van der Waals surface area contributed by atoms with Crippen LogP contribution in [0.2, 0.25) is 5.02 Å². The van der Waals surface area contributed by atoms with Crippen LogP contribution in [0.1, 0.15) is 25.7 Å². The number of unbranched alkanes of at least 4 members (excludes halogenated alkanes) is 2. The predicted octanol–water partition coefficient (Wildman–Crippen LogP) is 2.67. The molecule has 0 amide bonds. The van der Waals surface area contributed by atoms with Crippen LogP contribution < -0.4 is 15.8 Å². The first-order valence-electron chi connectivity index (χ1n) is 8.70. The van der Waals surface area contributed by atoms with Gasteiger partial charge in [0.05, 0.1) is 10.7 Å². The van der Waals surface area contributed by atoms with E-state index in [4.69, 9.17) is 22.4 Å². The topological polar surface area (TPSA) is 130 Å². The molecule has 0 aliphatic rings. The van der Waals surface area contributed by atoms with Gasteiger partial charge in [0, 0.05) is 24.7 Å². The van der Waals surface area contributed by atoms with Crippen LogP contribution in [0.25, 0.3) is 0 Å². The third kappa shape index (κ3) is 6.52. The van der Waals surface area contributed by atoms with Crippen LogP contribution in [0.3, 0.4) is 0 Å². The van der Waals surface area contributed by atoms with E-state index in [0.717, 1.165) is 49.3 Å². The van der Waals surface area contributed by atoms with E-state index in [0.29, 0.717) is 18.8 Å². The van der Waals surface area contributed by atoms with Crippen LogP contribution in [0.4, 0.5) is 15.2 Å². The number of aliphatic hydroxyl groups excluding tert-OH is 1. The molecule has 0 saturated carbocycles. The van der Waals surface area contributed by atoms with Crippen molar-refractivity contribution in [1.82, 2.24) is 9.36 Å². The number of halogens is 2. The quantitative estimate of drug-likeness (QED) is 0.365. The summed E-state index contributed by atoms with van der Waals surface area (Å²) >= 11 is 6.96. The van der Waals surface area contributed by atoms with E-state index in [1.165, 1.54) is 6.33 Å². The summed E-state index contributed by atoms with van der Waals surface area (Å²) in [5, 5.41) is 12.2. The van der Waals surface area contributed by atoms with Gasteiger partial charge in [-0.15, -0.1) is 0 Å². The third-order valence-corrected chi connectivity index (χ3v) is 6.47. The molecule has 5 N–H and O–H groups in total. The van der Waals surface area contributed by atoms with E-state index in [2.05, 4.69) is 19.4 Å². The van der Waals surface area contributed by atoms with Gasteiger partial charge in [-0.05, 0) is 37.4 Å². The second kappa shape index (κ2) is 10.9. The summed E-state index contributed by atoms with van der Waals surface area (Å²) in [5.41, 5.74) is 5.86. The zero-order valence-electron chi connectivity index (χ0n) is 15.1. The fraction of sp³-hybridized carbons (Fsp3) is 0.500. The first-order chi connectivity index (χ1) is 13.4. The maximum absolute atomic E-state index is 14.4. The fourth-order valence-electron chi connectivity index (χ4n) is 2.50. The molecule has 1 aromatic carbocycles. The zero-order chi connectivity index (χ0) is 20.6. The molecule has 0 aliphatic heterocycles. The van der Waals surface area contributed by atoms with Crippen molar-refractivity contribution in [3.63, 3.8) is 0 Å². The second-order valence-electron chi connectivity index (χ2n) is 6.17. The minimum absolute atomic E-state index is 0.0378. The molecule has 2 aromatic rings. The fourth-order valence-corrected chi connectivity index (χ4v) is 4.54. The molecule has 8 nitrogen and oxygen atoms in total. The van der Waals surface area contributed by atoms with Gasteiger partial charge in [-0.25, -0.2) is 17.8 Å². The molecule has 0 spiro atoms. The average Bonchev–Trinajstić information content (AvgIpc) is 3.15. The number of aliphatic hydroxyl groups is 1. The van der Waals surface area contributed by atoms with Crippen LogP contribution in [0.15, 0.2) is 23.4 Å². The monoisotopic (exact) mass is 451 g/mol. The smallest absolute Gasteiger partial charge is 0.266 e. The Kier molecular flexibility index (Phi) is 8.83. The Labute approximate surface area is 172 Å². The Bertz CT molecular complexity index is 848. The van der Waals surface area contributed by atoms with Gasteiger partial charge in [0.1, 0.15) is 17.0 Å². The van der Waals surface area contributed by atoms with E-state index in [1.807, 2.05) is 0 Å². The van der Waals surface area contributed by atoms with E-state index >= 15 is 0 Å². The van der Waals surface area contributed by atoms with Crippen molar-refractivity contribution < 1.29 is 17.9 Å². The summed E-state index contributed by atoms with van der Waals surface area (Å²) in [5.74, 6) is -0.794. The van der Waals surface area contributed by atoms with Crippen LogP contribution in [0, 0.1) is 11.7 Å². The maximum Gasteiger partial charge on any atom is 0.266 e. The summed E-state index contributed by atoms with van der Waals surface area (Å²) in [7, 11) is -4.16. The number of sulfonamides is 1. The van der Waals surface area contributed by atoms with Gasteiger partial charge < -0.3 is 16.2 Å². The number of benzene rings is 1. The Morgan fingerprint density at radius 2 is 2.11 bits per heavy atom. The van der Waals surface area contributed by atoms with Crippen molar-refractivity contribution >= 4 is 44.0 Å². The van der Waals surface area contributed by atoms with Crippen molar-refractivity contribution in [3.8, 4) is 0 Å². The molecular formula is C16H23ClFN5O3S2. The number of aromatic nitrogens is 2. The molecule has 0 aliphatic carbocycles. The highest BCUT2D eigenvalue weighted by Crippen LogP contribution is 2.29. The van der Waals surface area contributed by atoms with Gasteiger partial charge in [0.2, 0.25) is 5.13 Å². The molecule has 28 heavy (non-hydrogen) atoms. The number of rotatable bonds is 12. The molecule has 12 heteroatoms. The lowest BCUT2D eigenvalue weighted by atomic mass is 10.0. The minimum atomic E-state index is -4.16. The predicted molar refractivity (Wildman–Crippen MR) is 109 cm³/mol. The number of nitrogens with zero attached hydrogens (tertiary/aromatic N) is 2. The number of nitrogens with one attached hydrogen (secondary N) is 2. The van der Waals surface area contributed by atoms with Gasteiger partial charge in [-0.2, -0.15) is 4.37 Å². The van der Waals surface area contributed by atoms with Crippen LogP contribution in [-0.2, 0) is 10.0 Å². The summed E-state index contributed by atoms with van der Waals surface area (Å²) in [6.07, 6.45) is 4.72. The molecule has 1 atom stereocenters. The van der Waals surface area contributed by atoms with Gasteiger partial charge in [-0.1, -0.05) is 24.4 Å².